The number of nitrogens with zero attached hydrogens (tertiary/aromatic N) is 2. The lowest BCUT2D eigenvalue weighted by Gasteiger charge is -2.18. The molecule has 2 amide bonds. The Hall–Kier alpha value is -3.17. The van der Waals surface area contributed by atoms with Gasteiger partial charge < -0.3 is 15.0 Å². The highest BCUT2D eigenvalue weighted by atomic mass is 32.2. The minimum atomic E-state index is -3.52. The van der Waals surface area contributed by atoms with Crippen LogP contribution in [-0.2, 0) is 19.6 Å². The number of benzene rings is 2. The van der Waals surface area contributed by atoms with Crippen molar-refractivity contribution < 1.29 is 22.7 Å². The number of hydrogen-bond donors (Lipinski definition) is 1. The van der Waals surface area contributed by atoms with Gasteiger partial charge in [-0.2, -0.15) is 4.31 Å². The minimum Gasteiger partial charge on any atom is -0.497 e. The largest absolute Gasteiger partial charge is 0.497 e. The van der Waals surface area contributed by atoms with E-state index >= 15 is 0 Å². The molecule has 172 valence electrons. The summed E-state index contributed by atoms with van der Waals surface area (Å²) in [6.45, 7) is 4.25. The van der Waals surface area contributed by atoms with Crippen LogP contribution in [0.2, 0.25) is 0 Å². The van der Waals surface area contributed by atoms with Crippen LogP contribution in [0, 0.1) is 0 Å². The van der Waals surface area contributed by atoms with Crippen LogP contribution in [0.1, 0.15) is 19.4 Å². The first-order chi connectivity index (χ1) is 15.2. The van der Waals surface area contributed by atoms with Crippen molar-refractivity contribution in [2.24, 2.45) is 0 Å². The molecule has 0 aromatic heterocycles. The molecule has 2 aromatic carbocycles. The molecule has 9 heteroatoms. The molecule has 0 spiro atoms. The van der Waals surface area contributed by atoms with Crippen molar-refractivity contribution in [3.63, 3.8) is 0 Å². The van der Waals surface area contributed by atoms with Crippen molar-refractivity contribution in [3.8, 4) is 5.75 Å². The molecule has 0 aliphatic carbocycles. The summed E-state index contributed by atoms with van der Waals surface area (Å²) in [7, 11) is -0.460. The van der Waals surface area contributed by atoms with E-state index in [-0.39, 0.29) is 23.3 Å². The van der Waals surface area contributed by atoms with Gasteiger partial charge in [-0.05, 0) is 35.9 Å². The van der Waals surface area contributed by atoms with Crippen LogP contribution in [0.15, 0.2) is 59.5 Å². The van der Waals surface area contributed by atoms with Gasteiger partial charge >= 0.3 is 0 Å². The third-order valence-electron chi connectivity index (χ3n) is 4.75. The Morgan fingerprint density at radius 1 is 1.06 bits per heavy atom. The van der Waals surface area contributed by atoms with E-state index in [0.717, 1.165) is 0 Å². The highest BCUT2D eigenvalue weighted by Crippen LogP contribution is 2.18. The average Bonchev–Trinajstić information content (AvgIpc) is 2.78. The summed E-state index contributed by atoms with van der Waals surface area (Å²) in [6, 6.07) is 13.2. The van der Waals surface area contributed by atoms with E-state index in [1.807, 2.05) is 0 Å². The molecule has 0 saturated carbocycles. The summed E-state index contributed by atoms with van der Waals surface area (Å²) in [5.41, 5.74) is 1.25. The van der Waals surface area contributed by atoms with Crippen LogP contribution in [0.4, 0.5) is 5.69 Å². The zero-order valence-corrected chi connectivity index (χ0v) is 19.6. The fourth-order valence-electron chi connectivity index (χ4n) is 2.95. The third-order valence-corrected chi connectivity index (χ3v) is 6.82. The zero-order valence-electron chi connectivity index (χ0n) is 18.7. The molecular formula is C23H29N3O5S. The van der Waals surface area contributed by atoms with Crippen LogP contribution in [0.25, 0.3) is 6.08 Å². The van der Waals surface area contributed by atoms with E-state index in [0.29, 0.717) is 30.1 Å². The molecule has 1 N–H and O–H groups in total. The lowest BCUT2D eigenvalue weighted by atomic mass is 10.2. The Bertz CT molecular complexity index is 1060. The predicted molar refractivity (Wildman–Crippen MR) is 125 cm³/mol. The molecule has 32 heavy (non-hydrogen) atoms. The number of likely N-dealkylation sites (N-methyl/N-ethyl adjacent to an activating group) is 1. The van der Waals surface area contributed by atoms with E-state index in [1.54, 1.807) is 56.3 Å². The molecule has 0 aliphatic heterocycles. The van der Waals surface area contributed by atoms with Crippen LogP contribution in [0.3, 0.4) is 0 Å². The van der Waals surface area contributed by atoms with Gasteiger partial charge in [0.05, 0.1) is 18.6 Å². The summed E-state index contributed by atoms with van der Waals surface area (Å²) in [4.78, 5) is 26.0. The summed E-state index contributed by atoms with van der Waals surface area (Å²) in [5.74, 6) is -0.0785. The molecule has 0 heterocycles. The molecule has 0 unspecified atom stereocenters. The lowest BCUT2D eigenvalue weighted by Crippen LogP contribution is -2.33. The number of hydrogen-bond acceptors (Lipinski definition) is 5. The number of ether oxygens (including phenoxy) is 1. The number of sulfonamides is 1. The summed E-state index contributed by atoms with van der Waals surface area (Å²) >= 11 is 0. The Kier molecular flexibility index (Phi) is 8.98. The van der Waals surface area contributed by atoms with Crippen molar-refractivity contribution in [2.45, 2.75) is 18.7 Å². The molecule has 0 radical (unpaired) electrons. The van der Waals surface area contributed by atoms with Gasteiger partial charge in [-0.15, -0.1) is 0 Å². The van der Waals surface area contributed by atoms with E-state index < -0.39 is 10.0 Å². The highest BCUT2D eigenvalue weighted by molar-refractivity contribution is 7.89. The van der Waals surface area contributed by atoms with Gasteiger partial charge in [-0.25, -0.2) is 8.42 Å². The van der Waals surface area contributed by atoms with Crippen molar-refractivity contribution in [1.82, 2.24) is 9.21 Å². The molecule has 2 rings (SSSR count). The molecule has 2 aromatic rings. The summed E-state index contributed by atoms with van der Waals surface area (Å²) in [5, 5.41) is 2.72. The van der Waals surface area contributed by atoms with Gasteiger partial charge in [-0.1, -0.05) is 32.0 Å². The van der Waals surface area contributed by atoms with E-state index in [2.05, 4.69) is 5.32 Å². The fourth-order valence-corrected chi connectivity index (χ4v) is 4.41. The number of amides is 2. The fraction of sp³-hybridized carbons (Fsp3) is 0.304. The van der Waals surface area contributed by atoms with Crippen molar-refractivity contribution in [3.05, 3.63) is 60.2 Å². The van der Waals surface area contributed by atoms with Gasteiger partial charge in [0.1, 0.15) is 5.75 Å². The maximum Gasteiger partial charge on any atom is 0.246 e. The van der Waals surface area contributed by atoms with Gasteiger partial charge in [-0.3, -0.25) is 9.59 Å². The molecule has 0 saturated heterocycles. The average molecular weight is 460 g/mol. The molecule has 0 fully saturated rings. The number of carbonyl (C=O) groups excluding carboxylic acids is 2. The lowest BCUT2D eigenvalue weighted by molar-refractivity contribution is -0.129. The number of nitrogens with one attached hydrogen (secondary N) is 1. The minimum absolute atomic E-state index is 0.124. The monoisotopic (exact) mass is 459 g/mol. The summed E-state index contributed by atoms with van der Waals surface area (Å²) < 4.78 is 31.6. The van der Waals surface area contributed by atoms with Gasteiger partial charge in [0, 0.05) is 38.0 Å². The quantitative estimate of drug-likeness (QED) is 0.551. The Balaban J connectivity index is 1.96. The predicted octanol–water partition coefficient (Wildman–Crippen LogP) is 2.84. The smallest absolute Gasteiger partial charge is 0.246 e. The Morgan fingerprint density at radius 3 is 2.31 bits per heavy atom. The third kappa shape index (κ3) is 6.66. The highest BCUT2D eigenvalue weighted by Gasteiger charge is 2.21. The van der Waals surface area contributed by atoms with Crippen LogP contribution >= 0.6 is 0 Å². The summed E-state index contributed by atoms with van der Waals surface area (Å²) in [6.07, 6.45) is 2.92. The van der Waals surface area contributed by atoms with E-state index in [1.165, 1.54) is 41.6 Å². The number of carbonyl (C=O) groups is 2. The normalized spacial score (nSPS) is 11.5. The second kappa shape index (κ2) is 11.4. The molecule has 8 nitrogen and oxygen atoms in total. The number of anilines is 1. The van der Waals surface area contributed by atoms with Crippen molar-refractivity contribution in [2.75, 3.05) is 39.1 Å². The molecule has 0 aliphatic rings. The van der Waals surface area contributed by atoms with Crippen molar-refractivity contribution >= 4 is 33.6 Å². The van der Waals surface area contributed by atoms with Gasteiger partial charge in [0.25, 0.3) is 0 Å². The van der Waals surface area contributed by atoms with Crippen LogP contribution < -0.4 is 10.1 Å². The molecule has 0 bridgehead atoms. The maximum absolute atomic E-state index is 12.5. The second-order valence-electron chi connectivity index (χ2n) is 6.97. The van der Waals surface area contributed by atoms with Crippen LogP contribution in [-0.4, -0.2) is 63.2 Å². The Labute approximate surface area is 189 Å². The first-order valence-corrected chi connectivity index (χ1v) is 11.6. The second-order valence-corrected chi connectivity index (χ2v) is 8.90. The first kappa shape index (κ1) is 25.1. The maximum atomic E-state index is 12.5. The van der Waals surface area contributed by atoms with Gasteiger partial charge in [0.15, 0.2) is 0 Å². The number of methoxy groups -OCH3 is 1. The van der Waals surface area contributed by atoms with E-state index in [4.69, 9.17) is 4.74 Å². The van der Waals surface area contributed by atoms with E-state index in [9.17, 15) is 18.0 Å². The molecule has 0 atom stereocenters. The zero-order chi connectivity index (χ0) is 23.7. The van der Waals surface area contributed by atoms with Gasteiger partial charge in [0.2, 0.25) is 21.8 Å². The number of rotatable bonds is 10. The first-order valence-electron chi connectivity index (χ1n) is 10.2. The standard InChI is InChI=1S/C23H29N3O5S/c1-5-26(6-2)32(29,30)21-13-10-18(11-14-21)12-15-23(28)25(3)17-22(27)24-19-8-7-9-20(16-19)31-4/h7-16H,5-6,17H2,1-4H3,(H,24,27). The Morgan fingerprint density at radius 2 is 1.72 bits per heavy atom. The van der Waals surface area contributed by atoms with Crippen molar-refractivity contribution in [1.29, 1.82) is 0 Å². The van der Waals surface area contributed by atoms with Crippen LogP contribution in [0.5, 0.6) is 5.75 Å². The SMILES string of the molecule is CCN(CC)S(=O)(=O)c1ccc(C=CC(=O)N(C)CC(=O)Nc2cccc(OC)c2)cc1. The topological polar surface area (TPSA) is 96.0 Å². The molecular weight excluding hydrogens is 430 g/mol.